The molecule has 0 aliphatic carbocycles. The Labute approximate surface area is 190 Å². The molecule has 0 fully saturated rings. The molecule has 0 spiro atoms. The molecular formula is C21H18I2N4O. The first-order valence-corrected chi connectivity index (χ1v) is 10.8. The van der Waals surface area contributed by atoms with E-state index in [9.17, 15) is 10.1 Å². The number of benzene rings is 2. The van der Waals surface area contributed by atoms with E-state index in [1.165, 1.54) is 0 Å². The van der Waals surface area contributed by atoms with Crippen LogP contribution in [0.3, 0.4) is 0 Å². The zero-order valence-corrected chi connectivity index (χ0v) is 19.5. The fourth-order valence-corrected chi connectivity index (χ4v) is 5.33. The van der Waals surface area contributed by atoms with Crippen molar-refractivity contribution in [1.29, 1.82) is 5.26 Å². The van der Waals surface area contributed by atoms with Crippen LogP contribution in [0.15, 0.2) is 48.2 Å². The molecule has 3 rings (SSSR count). The van der Waals surface area contributed by atoms with Crippen LogP contribution in [0.1, 0.15) is 11.1 Å². The lowest BCUT2D eigenvalue weighted by Gasteiger charge is -2.09. The molecule has 0 aliphatic rings. The van der Waals surface area contributed by atoms with Gasteiger partial charge in [-0.1, -0.05) is 18.2 Å². The second kappa shape index (κ2) is 9.43. The van der Waals surface area contributed by atoms with Gasteiger partial charge in [0.2, 0.25) is 0 Å². The third kappa shape index (κ3) is 4.67. The smallest absolute Gasteiger partial charge is 0.261 e. The lowest BCUT2D eigenvalue weighted by molar-refractivity contribution is -0.117. The number of carbonyl (C=O) groups is 1. The van der Waals surface area contributed by atoms with E-state index in [4.69, 9.17) is 0 Å². The zero-order valence-electron chi connectivity index (χ0n) is 15.1. The van der Waals surface area contributed by atoms with E-state index >= 15 is 0 Å². The van der Waals surface area contributed by atoms with Crippen LogP contribution in [0.5, 0.6) is 0 Å². The summed E-state index contributed by atoms with van der Waals surface area (Å²) < 4.78 is 2.07. The van der Waals surface area contributed by atoms with Crippen molar-refractivity contribution in [2.24, 2.45) is 0 Å². The van der Waals surface area contributed by atoms with Gasteiger partial charge in [-0.15, -0.1) is 0 Å². The third-order valence-electron chi connectivity index (χ3n) is 4.35. The summed E-state index contributed by atoms with van der Waals surface area (Å²) in [6, 6.07) is 14.0. The normalized spacial score (nSPS) is 11.3. The quantitative estimate of drug-likeness (QED) is 0.220. The topological polar surface area (TPSA) is 80.7 Å². The molecule has 3 N–H and O–H groups in total. The number of fused-ring (bicyclic) bond motifs is 1. The van der Waals surface area contributed by atoms with Crippen molar-refractivity contribution in [2.45, 2.75) is 6.42 Å². The summed E-state index contributed by atoms with van der Waals surface area (Å²) in [6.45, 7) is 0.466. The van der Waals surface area contributed by atoms with Gasteiger partial charge in [0.25, 0.3) is 5.91 Å². The summed E-state index contributed by atoms with van der Waals surface area (Å²) in [7, 11) is 1.87. The maximum atomic E-state index is 12.4. The molecule has 0 unspecified atom stereocenters. The number of para-hydroxylation sites is 1. The number of anilines is 1. The molecule has 2 aromatic carbocycles. The fraction of sp³-hybridized carbons (Fsp3) is 0.143. The molecule has 0 saturated heterocycles. The molecule has 5 nitrogen and oxygen atoms in total. The number of hydrogen-bond donors (Lipinski definition) is 3. The highest BCUT2D eigenvalue weighted by atomic mass is 127. The van der Waals surface area contributed by atoms with E-state index in [-0.39, 0.29) is 11.5 Å². The van der Waals surface area contributed by atoms with Crippen LogP contribution in [0, 0.1) is 18.5 Å². The average molecular weight is 596 g/mol. The van der Waals surface area contributed by atoms with Crippen molar-refractivity contribution >= 4 is 73.8 Å². The predicted octanol–water partition coefficient (Wildman–Crippen LogP) is 4.68. The maximum absolute atomic E-state index is 12.4. The molecule has 0 radical (unpaired) electrons. The average Bonchev–Trinajstić information content (AvgIpc) is 3.09. The van der Waals surface area contributed by atoms with Crippen molar-refractivity contribution < 1.29 is 4.79 Å². The first-order valence-electron chi connectivity index (χ1n) is 8.65. The highest BCUT2D eigenvalue weighted by Gasteiger charge is 2.11. The monoisotopic (exact) mass is 596 g/mol. The SMILES string of the molecule is CNc1c(I)cc(/C=C(/C#N)C(=O)NCCc2c[nH]c3ccccc23)cc1I. The summed E-state index contributed by atoms with van der Waals surface area (Å²) in [5.41, 5.74) is 4.19. The van der Waals surface area contributed by atoms with Gasteiger partial charge >= 0.3 is 0 Å². The van der Waals surface area contributed by atoms with Gasteiger partial charge in [-0.25, -0.2) is 0 Å². The Bertz CT molecular complexity index is 1070. The maximum Gasteiger partial charge on any atom is 0.261 e. The first-order chi connectivity index (χ1) is 13.5. The third-order valence-corrected chi connectivity index (χ3v) is 6.05. The molecule has 0 saturated carbocycles. The number of rotatable bonds is 6. The van der Waals surface area contributed by atoms with E-state index in [2.05, 4.69) is 66.9 Å². The van der Waals surface area contributed by atoms with Crippen LogP contribution >= 0.6 is 45.2 Å². The van der Waals surface area contributed by atoms with Gasteiger partial charge in [-0.2, -0.15) is 5.26 Å². The molecule has 0 atom stereocenters. The highest BCUT2D eigenvalue weighted by molar-refractivity contribution is 14.1. The summed E-state index contributed by atoms with van der Waals surface area (Å²) >= 11 is 4.48. The summed E-state index contributed by atoms with van der Waals surface area (Å²) in [5, 5.41) is 16.6. The minimum absolute atomic E-state index is 0.0998. The largest absolute Gasteiger partial charge is 0.386 e. The second-order valence-electron chi connectivity index (χ2n) is 6.14. The van der Waals surface area contributed by atoms with E-state index in [1.807, 2.05) is 49.6 Å². The minimum atomic E-state index is -0.356. The number of amides is 1. The Kier molecular flexibility index (Phi) is 6.96. The number of hydrogen-bond acceptors (Lipinski definition) is 3. The lowest BCUT2D eigenvalue weighted by atomic mass is 10.1. The number of nitrogens with one attached hydrogen (secondary N) is 3. The van der Waals surface area contributed by atoms with Crippen LogP contribution in [0.4, 0.5) is 5.69 Å². The van der Waals surface area contributed by atoms with E-state index < -0.39 is 0 Å². The Morgan fingerprint density at radius 1 is 1.25 bits per heavy atom. The van der Waals surface area contributed by atoms with Crippen LogP contribution < -0.4 is 10.6 Å². The molecule has 7 heteroatoms. The summed E-state index contributed by atoms with van der Waals surface area (Å²) in [5.74, 6) is -0.356. The molecule has 3 aromatic rings. The number of aromatic amines is 1. The van der Waals surface area contributed by atoms with Crippen molar-refractivity contribution in [1.82, 2.24) is 10.3 Å². The minimum Gasteiger partial charge on any atom is -0.386 e. The van der Waals surface area contributed by atoms with Crippen LogP contribution in [-0.2, 0) is 11.2 Å². The van der Waals surface area contributed by atoms with Crippen molar-refractivity contribution in [2.75, 3.05) is 18.9 Å². The van der Waals surface area contributed by atoms with Gasteiger partial charge < -0.3 is 15.6 Å². The van der Waals surface area contributed by atoms with E-state index in [0.717, 1.165) is 34.9 Å². The van der Waals surface area contributed by atoms with Gasteiger partial charge in [0, 0.05) is 37.8 Å². The van der Waals surface area contributed by atoms with Crippen LogP contribution in [0.25, 0.3) is 17.0 Å². The number of H-pyrrole nitrogens is 1. The van der Waals surface area contributed by atoms with Crippen molar-refractivity contribution in [3.8, 4) is 6.07 Å². The van der Waals surface area contributed by atoms with E-state index in [1.54, 1.807) is 6.08 Å². The predicted molar refractivity (Wildman–Crippen MR) is 130 cm³/mol. The Hall–Kier alpha value is -2.06. The zero-order chi connectivity index (χ0) is 20.1. The summed E-state index contributed by atoms with van der Waals surface area (Å²) in [4.78, 5) is 15.7. The standard InChI is InChI=1S/C21H18I2N4O/c1-25-20-17(22)9-13(10-18(20)23)8-15(11-24)21(28)26-7-6-14-12-27-19-5-3-2-4-16(14)19/h2-5,8-10,12,25,27H,6-7H2,1H3,(H,26,28)/b15-8-. The van der Waals surface area contributed by atoms with Crippen LogP contribution in [-0.4, -0.2) is 24.5 Å². The lowest BCUT2D eigenvalue weighted by Crippen LogP contribution is -2.26. The highest BCUT2D eigenvalue weighted by Crippen LogP contribution is 2.27. The molecule has 1 amide bonds. The molecule has 0 bridgehead atoms. The van der Waals surface area contributed by atoms with Crippen molar-refractivity contribution in [3.63, 3.8) is 0 Å². The Morgan fingerprint density at radius 3 is 2.64 bits per heavy atom. The fourth-order valence-electron chi connectivity index (χ4n) is 2.97. The summed E-state index contributed by atoms with van der Waals surface area (Å²) in [6.07, 6.45) is 4.29. The molecule has 28 heavy (non-hydrogen) atoms. The van der Waals surface area contributed by atoms with Crippen molar-refractivity contribution in [3.05, 3.63) is 66.4 Å². The number of carbonyl (C=O) groups excluding carboxylic acids is 1. The number of halogens is 2. The van der Waals surface area contributed by atoms with Gasteiger partial charge in [0.05, 0.1) is 5.69 Å². The van der Waals surface area contributed by atoms with Gasteiger partial charge in [-0.3, -0.25) is 4.79 Å². The number of nitrogens with zero attached hydrogens (tertiary/aromatic N) is 1. The van der Waals surface area contributed by atoms with Gasteiger partial charge in [0.15, 0.2) is 0 Å². The molecule has 1 aromatic heterocycles. The number of nitriles is 1. The molecule has 0 aliphatic heterocycles. The Morgan fingerprint density at radius 2 is 1.96 bits per heavy atom. The number of aromatic nitrogens is 1. The van der Waals surface area contributed by atoms with Gasteiger partial charge in [-0.05, 0) is 87.0 Å². The molecule has 142 valence electrons. The Balaban J connectivity index is 1.68. The van der Waals surface area contributed by atoms with Crippen LogP contribution in [0.2, 0.25) is 0 Å². The first kappa shape index (κ1) is 20.7. The molecular weight excluding hydrogens is 578 g/mol. The second-order valence-corrected chi connectivity index (χ2v) is 8.47. The molecule has 1 heterocycles. The van der Waals surface area contributed by atoms with E-state index in [0.29, 0.717) is 13.0 Å². The van der Waals surface area contributed by atoms with Gasteiger partial charge in [0.1, 0.15) is 11.6 Å².